The maximum absolute atomic E-state index is 6.27. The maximum atomic E-state index is 6.27. The highest BCUT2D eigenvalue weighted by atomic mass is 16.5. The molecule has 0 radical (unpaired) electrons. The Labute approximate surface area is 126 Å². The minimum absolute atomic E-state index is 0.237. The second-order valence-corrected chi connectivity index (χ2v) is 5.96. The van der Waals surface area contributed by atoms with Gasteiger partial charge in [-0.2, -0.15) is 0 Å². The molecular weight excluding hydrogens is 258 g/mol. The molecule has 3 rings (SSSR count). The quantitative estimate of drug-likeness (QED) is 0.871. The van der Waals surface area contributed by atoms with Crippen molar-refractivity contribution < 1.29 is 4.74 Å². The van der Waals surface area contributed by atoms with Crippen molar-refractivity contribution >= 4 is 0 Å². The molecule has 0 saturated heterocycles. The summed E-state index contributed by atoms with van der Waals surface area (Å²) >= 11 is 0. The standard InChI is InChI=1S/C19H23NO/c1-21-19-9-5-8-17-15(10-11-16(20)13-18(17)19)12-14-6-3-2-4-7-14/h2-9,15-16H,10-13,20H2,1H3. The lowest BCUT2D eigenvalue weighted by Gasteiger charge is -2.19. The topological polar surface area (TPSA) is 35.2 Å². The Morgan fingerprint density at radius 3 is 2.62 bits per heavy atom. The summed E-state index contributed by atoms with van der Waals surface area (Å²) in [6.07, 6.45) is 4.23. The second kappa shape index (κ2) is 6.31. The van der Waals surface area contributed by atoms with Crippen LogP contribution >= 0.6 is 0 Å². The number of benzene rings is 2. The Kier molecular flexibility index (Phi) is 4.26. The zero-order valence-corrected chi connectivity index (χ0v) is 12.6. The van der Waals surface area contributed by atoms with Crippen LogP contribution in [0.15, 0.2) is 48.5 Å². The van der Waals surface area contributed by atoms with Gasteiger partial charge in [0.25, 0.3) is 0 Å². The third-order valence-electron chi connectivity index (χ3n) is 4.51. The van der Waals surface area contributed by atoms with Crippen LogP contribution in [0.3, 0.4) is 0 Å². The van der Waals surface area contributed by atoms with Crippen LogP contribution in [0.4, 0.5) is 0 Å². The lowest BCUT2D eigenvalue weighted by molar-refractivity contribution is 0.407. The van der Waals surface area contributed by atoms with Crippen molar-refractivity contribution in [2.45, 2.75) is 37.6 Å². The fraction of sp³-hybridized carbons (Fsp3) is 0.368. The Bertz CT molecular complexity index is 594. The molecule has 0 fully saturated rings. The highest BCUT2D eigenvalue weighted by Gasteiger charge is 2.24. The summed E-state index contributed by atoms with van der Waals surface area (Å²) in [7, 11) is 1.75. The van der Waals surface area contributed by atoms with Crippen LogP contribution in [0, 0.1) is 0 Å². The van der Waals surface area contributed by atoms with Crippen molar-refractivity contribution in [1.29, 1.82) is 0 Å². The molecule has 2 atom stereocenters. The van der Waals surface area contributed by atoms with Crippen LogP contribution in [0.25, 0.3) is 0 Å². The predicted molar refractivity (Wildman–Crippen MR) is 86.8 cm³/mol. The third kappa shape index (κ3) is 3.11. The van der Waals surface area contributed by atoms with Crippen molar-refractivity contribution in [3.05, 3.63) is 65.2 Å². The summed E-state index contributed by atoms with van der Waals surface area (Å²) in [5.41, 5.74) is 10.4. The van der Waals surface area contributed by atoms with E-state index in [1.54, 1.807) is 7.11 Å². The Balaban J connectivity index is 1.96. The molecule has 2 unspecified atom stereocenters. The first-order chi connectivity index (χ1) is 10.3. The van der Waals surface area contributed by atoms with Gasteiger partial charge in [0.15, 0.2) is 0 Å². The summed E-state index contributed by atoms with van der Waals surface area (Å²) in [5.74, 6) is 1.52. The SMILES string of the molecule is COc1cccc2c1CC(N)CCC2Cc1ccccc1. The first kappa shape index (κ1) is 14.2. The molecule has 110 valence electrons. The van der Waals surface area contributed by atoms with E-state index in [0.29, 0.717) is 5.92 Å². The number of rotatable bonds is 3. The molecule has 0 bridgehead atoms. The van der Waals surface area contributed by atoms with E-state index in [9.17, 15) is 0 Å². The van der Waals surface area contributed by atoms with Crippen molar-refractivity contribution in [3.63, 3.8) is 0 Å². The highest BCUT2D eigenvalue weighted by molar-refractivity contribution is 5.44. The van der Waals surface area contributed by atoms with E-state index in [1.807, 2.05) is 0 Å². The van der Waals surface area contributed by atoms with Gasteiger partial charge in [0.1, 0.15) is 5.75 Å². The van der Waals surface area contributed by atoms with Crippen molar-refractivity contribution in [2.24, 2.45) is 5.73 Å². The molecule has 2 aromatic rings. The average molecular weight is 281 g/mol. The van der Waals surface area contributed by atoms with Gasteiger partial charge in [0.05, 0.1) is 7.11 Å². The molecule has 21 heavy (non-hydrogen) atoms. The molecule has 0 aliphatic heterocycles. The largest absolute Gasteiger partial charge is 0.496 e. The monoisotopic (exact) mass is 281 g/mol. The van der Waals surface area contributed by atoms with Gasteiger partial charge in [0.2, 0.25) is 0 Å². The Morgan fingerprint density at radius 2 is 1.86 bits per heavy atom. The number of nitrogens with two attached hydrogens (primary N) is 1. The van der Waals surface area contributed by atoms with Gasteiger partial charge >= 0.3 is 0 Å². The molecule has 2 aromatic carbocycles. The van der Waals surface area contributed by atoms with E-state index in [-0.39, 0.29) is 6.04 Å². The average Bonchev–Trinajstić information content (AvgIpc) is 2.67. The summed E-state index contributed by atoms with van der Waals surface area (Å²) in [6.45, 7) is 0. The summed E-state index contributed by atoms with van der Waals surface area (Å²) in [6, 6.07) is 17.4. The van der Waals surface area contributed by atoms with Crippen LogP contribution < -0.4 is 10.5 Å². The fourth-order valence-corrected chi connectivity index (χ4v) is 3.42. The van der Waals surface area contributed by atoms with Gasteiger partial charge in [-0.3, -0.25) is 0 Å². The van der Waals surface area contributed by atoms with Gasteiger partial charge in [-0.15, -0.1) is 0 Å². The number of methoxy groups -OCH3 is 1. The molecule has 1 aliphatic carbocycles. The molecule has 0 saturated carbocycles. The van der Waals surface area contributed by atoms with Crippen molar-refractivity contribution in [3.8, 4) is 5.75 Å². The number of ether oxygens (including phenoxy) is 1. The van der Waals surface area contributed by atoms with E-state index in [2.05, 4.69) is 48.5 Å². The lowest BCUT2D eigenvalue weighted by Crippen LogP contribution is -2.21. The zero-order chi connectivity index (χ0) is 14.7. The van der Waals surface area contributed by atoms with E-state index in [1.165, 1.54) is 16.7 Å². The lowest BCUT2D eigenvalue weighted by atomic mass is 9.87. The Morgan fingerprint density at radius 1 is 1.05 bits per heavy atom. The third-order valence-corrected chi connectivity index (χ3v) is 4.51. The molecule has 0 aromatic heterocycles. The van der Waals surface area contributed by atoms with Crippen LogP contribution in [-0.2, 0) is 12.8 Å². The second-order valence-electron chi connectivity index (χ2n) is 5.96. The summed E-state index contributed by atoms with van der Waals surface area (Å²) in [5, 5.41) is 0. The predicted octanol–water partition coefficient (Wildman–Crippen LogP) is 3.69. The van der Waals surface area contributed by atoms with E-state index < -0.39 is 0 Å². The van der Waals surface area contributed by atoms with Gasteiger partial charge in [0, 0.05) is 6.04 Å². The molecule has 1 aliphatic rings. The normalized spacial score (nSPS) is 21.4. The first-order valence-electron chi connectivity index (χ1n) is 7.73. The van der Waals surface area contributed by atoms with Gasteiger partial charge in [-0.1, -0.05) is 42.5 Å². The smallest absolute Gasteiger partial charge is 0.122 e. The van der Waals surface area contributed by atoms with Crippen LogP contribution in [0.2, 0.25) is 0 Å². The number of hydrogen-bond acceptors (Lipinski definition) is 2. The van der Waals surface area contributed by atoms with Gasteiger partial charge < -0.3 is 10.5 Å². The van der Waals surface area contributed by atoms with Crippen molar-refractivity contribution in [2.75, 3.05) is 7.11 Å². The maximum Gasteiger partial charge on any atom is 0.122 e. The minimum Gasteiger partial charge on any atom is -0.496 e. The van der Waals surface area contributed by atoms with Crippen molar-refractivity contribution in [1.82, 2.24) is 0 Å². The van der Waals surface area contributed by atoms with Crippen LogP contribution in [0.1, 0.15) is 35.4 Å². The zero-order valence-electron chi connectivity index (χ0n) is 12.6. The fourth-order valence-electron chi connectivity index (χ4n) is 3.42. The molecule has 0 amide bonds. The van der Waals surface area contributed by atoms with Crippen LogP contribution in [-0.4, -0.2) is 13.2 Å². The molecular formula is C19H23NO. The van der Waals surface area contributed by atoms with E-state index in [0.717, 1.165) is 31.4 Å². The van der Waals surface area contributed by atoms with Gasteiger partial charge in [-0.25, -0.2) is 0 Å². The highest BCUT2D eigenvalue weighted by Crippen LogP contribution is 2.36. The Hall–Kier alpha value is -1.80. The van der Waals surface area contributed by atoms with Gasteiger partial charge in [-0.05, 0) is 54.4 Å². The van der Waals surface area contributed by atoms with E-state index >= 15 is 0 Å². The van der Waals surface area contributed by atoms with Crippen LogP contribution in [0.5, 0.6) is 5.75 Å². The summed E-state index contributed by atoms with van der Waals surface area (Å²) < 4.78 is 5.56. The summed E-state index contributed by atoms with van der Waals surface area (Å²) in [4.78, 5) is 0. The minimum atomic E-state index is 0.237. The first-order valence-corrected chi connectivity index (χ1v) is 7.73. The molecule has 2 heteroatoms. The van der Waals surface area contributed by atoms with E-state index in [4.69, 9.17) is 10.5 Å². The molecule has 0 heterocycles. The molecule has 0 spiro atoms. The number of fused-ring (bicyclic) bond motifs is 1. The molecule has 2 N–H and O–H groups in total. The number of hydrogen-bond donors (Lipinski definition) is 1. The molecule has 2 nitrogen and oxygen atoms in total.